The van der Waals surface area contributed by atoms with Crippen LogP contribution in [0.15, 0.2) is 79.0 Å². The van der Waals surface area contributed by atoms with Gasteiger partial charge in [-0.2, -0.15) is 5.26 Å². The molecule has 0 radical (unpaired) electrons. The first-order valence-electron chi connectivity index (χ1n) is 10.4. The molecule has 33 heavy (non-hydrogen) atoms. The number of anilines is 1. The Bertz CT molecular complexity index is 1320. The maximum atomic E-state index is 13.2. The molecule has 6 nitrogen and oxygen atoms in total. The Morgan fingerprint density at radius 2 is 1.73 bits per heavy atom. The summed E-state index contributed by atoms with van der Waals surface area (Å²) in [5, 5.41) is 15.4. The van der Waals surface area contributed by atoms with Crippen LogP contribution >= 0.6 is 0 Å². The van der Waals surface area contributed by atoms with Gasteiger partial charge in [0, 0.05) is 34.8 Å². The normalized spacial score (nSPS) is 11.5. The second-order valence-corrected chi connectivity index (χ2v) is 7.62. The Kier molecular flexibility index (Phi) is 6.46. The number of carbonyl (C=O) groups is 2. The van der Waals surface area contributed by atoms with Crippen molar-refractivity contribution in [1.82, 2.24) is 10.3 Å². The number of amides is 2. The molecule has 0 aliphatic heterocycles. The molecule has 0 saturated heterocycles. The molecule has 4 aromatic rings. The fourth-order valence-corrected chi connectivity index (χ4v) is 3.60. The molecule has 1 heterocycles. The Balaban J connectivity index is 1.56. The first-order chi connectivity index (χ1) is 16.0. The van der Waals surface area contributed by atoms with E-state index in [0.717, 1.165) is 22.0 Å². The van der Waals surface area contributed by atoms with Crippen LogP contribution in [0.25, 0.3) is 10.9 Å². The third-order valence-corrected chi connectivity index (χ3v) is 5.33. The highest BCUT2D eigenvalue weighted by molar-refractivity contribution is 6.01. The number of hydrogen-bond acceptors (Lipinski definition) is 3. The van der Waals surface area contributed by atoms with Crippen molar-refractivity contribution in [2.24, 2.45) is 0 Å². The van der Waals surface area contributed by atoms with Gasteiger partial charge in [-0.15, -0.1) is 0 Å². The van der Waals surface area contributed by atoms with Crippen LogP contribution in [0.5, 0.6) is 0 Å². The number of fused-ring (bicyclic) bond motifs is 1. The Hall–Kier alpha value is -4.44. The molecular weight excluding hydrogens is 419 g/mol. The molecule has 1 atom stereocenters. The summed E-state index contributed by atoms with van der Waals surface area (Å²) in [6.45, 7) is 0. The topological polar surface area (TPSA) is 97.8 Å². The number of nitrogens with zero attached hydrogens (tertiary/aromatic N) is 1. The van der Waals surface area contributed by atoms with Gasteiger partial charge in [0.05, 0.1) is 12.5 Å². The number of hydrogen-bond donors (Lipinski definition) is 3. The van der Waals surface area contributed by atoms with Gasteiger partial charge in [0.1, 0.15) is 11.9 Å². The predicted molar refractivity (Wildman–Crippen MR) is 124 cm³/mol. The van der Waals surface area contributed by atoms with Crippen molar-refractivity contribution in [1.29, 1.82) is 5.26 Å². The zero-order chi connectivity index (χ0) is 23.2. The van der Waals surface area contributed by atoms with Crippen molar-refractivity contribution in [3.8, 4) is 6.07 Å². The molecule has 0 fully saturated rings. The molecule has 0 aliphatic carbocycles. The first-order valence-corrected chi connectivity index (χ1v) is 10.4. The summed E-state index contributed by atoms with van der Waals surface area (Å²) >= 11 is 0. The van der Waals surface area contributed by atoms with Gasteiger partial charge in [-0.25, -0.2) is 4.39 Å². The number of benzene rings is 3. The minimum Gasteiger partial charge on any atom is -0.361 e. The summed E-state index contributed by atoms with van der Waals surface area (Å²) in [7, 11) is 0. The highest BCUT2D eigenvalue weighted by Crippen LogP contribution is 2.20. The standard InChI is InChI=1S/C26H21FN4O2/c27-20-9-7-18(8-10-20)25(32)31-24(15-19-16-29-23-4-2-1-3-22(19)23)26(33)30-21-11-5-17(6-12-21)13-14-28/h1-12,16,24,29H,13,15H2,(H,30,33)(H,31,32)/t24-/m0/s1. The molecule has 0 spiro atoms. The molecule has 0 saturated carbocycles. The lowest BCUT2D eigenvalue weighted by Gasteiger charge is -2.19. The van der Waals surface area contributed by atoms with Crippen LogP contribution in [0.1, 0.15) is 21.5 Å². The van der Waals surface area contributed by atoms with E-state index in [4.69, 9.17) is 5.26 Å². The van der Waals surface area contributed by atoms with Crippen LogP contribution in [0.3, 0.4) is 0 Å². The van der Waals surface area contributed by atoms with Gasteiger partial charge in [0.25, 0.3) is 5.91 Å². The minimum absolute atomic E-state index is 0.258. The van der Waals surface area contributed by atoms with Crippen molar-refractivity contribution < 1.29 is 14.0 Å². The Labute approximate surface area is 190 Å². The summed E-state index contributed by atoms with van der Waals surface area (Å²) in [6.07, 6.45) is 2.37. The number of H-pyrrole nitrogens is 1. The van der Waals surface area contributed by atoms with Gasteiger partial charge in [0.15, 0.2) is 0 Å². The summed E-state index contributed by atoms with van der Waals surface area (Å²) in [5.41, 5.74) is 3.48. The summed E-state index contributed by atoms with van der Waals surface area (Å²) in [4.78, 5) is 29.1. The third kappa shape index (κ3) is 5.25. The average molecular weight is 440 g/mol. The SMILES string of the molecule is N#CCc1ccc(NC(=O)[C@H](Cc2c[nH]c3ccccc23)NC(=O)c2ccc(F)cc2)cc1. The smallest absolute Gasteiger partial charge is 0.251 e. The van der Waals surface area contributed by atoms with Crippen molar-refractivity contribution in [3.05, 3.63) is 102 Å². The number of para-hydroxylation sites is 1. The Morgan fingerprint density at radius 1 is 1.00 bits per heavy atom. The van der Waals surface area contributed by atoms with Crippen molar-refractivity contribution in [3.63, 3.8) is 0 Å². The van der Waals surface area contributed by atoms with E-state index in [1.54, 1.807) is 24.3 Å². The number of aromatic amines is 1. The van der Waals surface area contributed by atoms with E-state index in [9.17, 15) is 14.0 Å². The first kappa shape index (κ1) is 21.8. The predicted octanol–water partition coefficient (Wildman–Crippen LogP) is 4.35. The lowest BCUT2D eigenvalue weighted by molar-refractivity contribution is -0.118. The number of nitriles is 1. The van der Waals surface area contributed by atoms with E-state index in [1.165, 1.54) is 24.3 Å². The van der Waals surface area contributed by atoms with Crippen molar-refractivity contribution in [2.45, 2.75) is 18.9 Å². The maximum Gasteiger partial charge on any atom is 0.251 e. The molecule has 0 unspecified atom stereocenters. The monoisotopic (exact) mass is 440 g/mol. The van der Waals surface area contributed by atoms with E-state index >= 15 is 0 Å². The van der Waals surface area contributed by atoms with Gasteiger partial charge in [0.2, 0.25) is 5.91 Å². The molecule has 4 rings (SSSR count). The van der Waals surface area contributed by atoms with E-state index in [-0.39, 0.29) is 24.3 Å². The fraction of sp³-hybridized carbons (Fsp3) is 0.115. The van der Waals surface area contributed by atoms with Crippen LogP contribution in [0.4, 0.5) is 10.1 Å². The molecule has 3 aromatic carbocycles. The Morgan fingerprint density at radius 3 is 2.45 bits per heavy atom. The summed E-state index contributed by atoms with van der Waals surface area (Å²) in [6, 6.07) is 21.0. The van der Waals surface area contributed by atoms with Gasteiger partial charge >= 0.3 is 0 Å². The van der Waals surface area contributed by atoms with E-state index in [2.05, 4.69) is 21.7 Å². The molecule has 0 aliphatic rings. The lowest BCUT2D eigenvalue weighted by atomic mass is 10.0. The second-order valence-electron chi connectivity index (χ2n) is 7.62. The molecule has 2 amide bonds. The van der Waals surface area contributed by atoms with Crippen LogP contribution in [0.2, 0.25) is 0 Å². The van der Waals surface area contributed by atoms with E-state index < -0.39 is 17.8 Å². The molecule has 3 N–H and O–H groups in total. The minimum atomic E-state index is -0.874. The molecule has 0 bridgehead atoms. The van der Waals surface area contributed by atoms with Gasteiger partial charge < -0.3 is 15.6 Å². The lowest BCUT2D eigenvalue weighted by Crippen LogP contribution is -2.45. The number of aromatic nitrogens is 1. The number of halogens is 1. The molecular formula is C26H21FN4O2. The molecule has 7 heteroatoms. The van der Waals surface area contributed by atoms with Crippen molar-refractivity contribution in [2.75, 3.05) is 5.32 Å². The second kappa shape index (κ2) is 9.79. The highest BCUT2D eigenvalue weighted by Gasteiger charge is 2.23. The highest BCUT2D eigenvalue weighted by atomic mass is 19.1. The number of nitrogens with one attached hydrogen (secondary N) is 3. The van der Waals surface area contributed by atoms with Crippen molar-refractivity contribution >= 4 is 28.4 Å². The zero-order valence-electron chi connectivity index (χ0n) is 17.6. The largest absolute Gasteiger partial charge is 0.361 e. The quantitative estimate of drug-likeness (QED) is 0.398. The number of carbonyl (C=O) groups excluding carboxylic acids is 2. The van der Waals surface area contributed by atoms with Crippen LogP contribution in [-0.2, 0) is 17.6 Å². The van der Waals surface area contributed by atoms with Crippen LogP contribution in [0, 0.1) is 17.1 Å². The van der Waals surface area contributed by atoms with Crippen LogP contribution in [-0.4, -0.2) is 22.8 Å². The maximum absolute atomic E-state index is 13.2. The van der Waals surface area contributed by atoms with E-state index in [1.807, 2.05) is 30.5 Å². The third-order valence-electron chi connectivity index (χ3n) is 5.33. The molecule has 164 valence electrons. The summed E-state index contributed by atoms with van der Waals surface area (Å²) < 4.78 is 13.2. The van der Waals surface area contributed by atoms with Gasteiger partial charge in [-0.05, 0) is 53.6 Å². The average Bonchev–Trinajstić information content (AvgIpc) is 3.23. The number of rotatable bonds is 7. The van der Waals surface area contributed by atoms with E-state index in [0.29, 0.717) is 5.69 Å². The molecule has 1 aromatic heterocycles. The van der Waals surface area contributed by atoms with Crippen LogP contribution < -0.4 is 10.6 Å². The van der Waals surface area contributed by atoms with Gasteiger partial charge in [-0.3, -0.25) is 9.59 Å². The summed E-state index contributed by atoms with van der Waals surface area (Å²) in [5.74, 6) is -1.30. The fourth-order valence-electron chi connectivity index (χ4n) is 3.60. The zero-order valence-corrected chi connectivity index (χ0v) is 17.6. The van der Waals surface area contributed by atoms with Gasteiger partial charge in [-0.1, -0.05) is 30.3 Å².